The van der Waals surface area contributed by atoms with Gasteiger partial charge >= 0.3 is 0 Å². The molecule has 194 valence electrons. The maximum Gasteiger partial charge on any atom is 0.291 e. The van der Waals surface area contributed by atoms with E-state index >= 15 is 0 Å². The van der Waals surface area contributed by atoms with Crippen LogP contribution in [0, 0.1) is 11.7 Å². The van der Waals surface area contributed by atoms with E-state index in [4.69, 9.17) is 10.6 Å². The highest BCUT2D eigenvalue weighted by Crippen LogP contribution is 2.52. The monoisotopic (exact) mass is 500 g/mol. The Bertz CT molecular complexity index is 1120. The van der Waals surface area contributed by atoms with Crippen LogP contribution in [-0.4, -0.2) is 99.5 Å². The number of aromatic nitrogens is 3. The molecular weight excluding hydrogens is 467 g/mol. The van der Waals surface area contributed by atoms with Gasteiger partial charge in [-0.2, -0.15) is 0 Å². The molecule has 3 atom stereocenters. The molecule has 1 saturated carbocycles. The van der Waals surface area contributed by atoms with Gasteiger partial charge in [-0.15, -0.1) is 5.10 Å². The molecule has 12 heteroatoms. The summed E-state index contributed by atoms with van der Waals surface area (Å²) < 4.78 is 20.7. The third-order valence-electron chi connectivity index (χ3n) is 7.79. The normalized spacial score (nSPS) is 27.2. The number of likely N-dealkylation sites (N-methyl/N-ethyl adjacent to an activating group) is 1. The molecule has 0 bridgehead atoms. The van der Waals surface area contributed by atoms with Crippen molar-refractivity contribution in [1.82, 2.24) is 34.9 Å². The van der Waals surface area contributed by atoms with Crippen molar-refractivity contribution in [2.75, 3.05) is 40.3 Å². The van der Waals surface area contributed by atoms with E-state index in [1.54, 1.807) is 42.3 Å². The van der Waals surface area contributed by atoms with Gasteiger partial charge in [-0.25, -0.2) is 19.1 Å². The number of nitrogens with zero attached hydrogens (tertiary/aromatic N) is 6. The maximum atomic E-state index is 13.9. The lowest BCUT2D eigenvalue weighted by molar-refractivity contribution is -0.137. The van der Waals surface area contributed by atoms with E-state index in [0.717, 1.165) is 32.5 Å². The van der Waals surface area contributed by atoms with Crippen molar-refractivity contribution in [3.05, 3.63) is 47.8 Å². The second kappa shape index (κ2) is 9.85. The first kappa shape index (κ1) is 24.8. The molecule has 36 heavy (non-hydrogen) atoms. The van der Waals surface area contributed by atoms with E-state index in [-0.39, 0.29) is 30.0 Å². The molecule has 1 aromatic heterocycles. The Morgan fingerprint density at radius 1 is 1.33 bits per heavy atom. The van der Waals surface area contributed by atoms with Crippen molar-refractivity contribution in [2.45, 2.75) is 43.6 Å². The van der Waals surface area contributed by atoms with Crippen molar-refractivity contribution >= 4 is 11.8 Å². The summed E-state index contributed by atoms with van der Waals surface area (Å²) in [4.78, 5) is 34.3. The highest BCUT2D eigenvalue weighted by atomic mass is 19.1. The zero-order valence-electron chi connectivity index (χ0n) is 20.6. The molecule has 3 heterocycles. The number of nitrogens with two attached hydrogens (primary N) is 1. The number of hydrogen-bond acceptors (Lipinski definition) is 8. The Morgan fingerprint density at radius 2 is 2.11 bits per heavy atom. The summed E-state index contributed by atoms with van der Waals surface area (Å²) in [5.41, 5.74) is -0.0725. The average Bonchev–Trinajstić information content (AvgIpc) is 3.41. The highest BCUT2D eigenvalue weighted by molar-refractivity contribution is 5.95. The summed E-state index contributed by atoms with van der Waals surface area (Å²) in [6, 6.07) is 5.63. The second-order valence-corrected chi connectivity index (χ2v) is 9.95. The Kier molecular flexibility index (Phi) is 6.77. The van der Waals surface area contributed by atoms with Crippen molar-refractivity contribution < 1.29 is 18.7 Å². The molecule has 1 spiro atoms. The van der Waals surface area contributed by atoms with Crippen LogP contribution in [0.25, 0.3) is 0 Å². The van der Waals surface area contributed by atoms with Crippen molar-refractivity contribution in [2.24, 2.45) is 11.8 Å². The first-order valence-electron chi connectivity index (χ1n) is 12.3. The molecule has 2 saturated heterocycles. The van der Waals surface area contributed by atoms with Crippen LogP contribution in [0.3, 0.4) is 0 Å². The molecule has 5 rings (SSSR count). The SMILES string of the molecule is COC1CN(CC[C@H]2CC23N(N)CC[C@H](NC(=O)c2ncn(Cc4ccccc4F)n2)C(=O)N3C)C1. The summed E-state index contributed by atoms with van der Waals surface area (Å²) in [5.74, 6) is 5.58. The zero-order valence-corrected chi connectivity index (χ0v) is 20.6. The number of benzene rings is 1. The number of methoxy groups -OCH3 is 1. The molecule has 1 unspecified atom stereocenters. The maximum absolute atomic E-state index is 13.9. The van der Waals surface area contributed by atoms with Crippen LogP contribution < -0.4 is 11.2 Å². The van der Waals surface area contributed by atoms with Crippen molar-refractivity contribution in [1.29, 1.82) is 0 Å². The zero-order chi connectivity index (χ0) is 25.4. The first-order chi connectivity index (χ1) is 17.3. The molecule has 11 nitrogen and oxygen atoms in total. The number of amides is 2. The summed E-state index contributed by atoms with van der Waals surface area (Å²) in [7, 11) is 3.50. The van der Waals surface area contributed by atoms with Crippen LogP contribution >= 0.6 is 0 Å². The fraction of sp³-hybridized carbons (Fsp3) is 0.583. The molecule has 2 aliphatic heterocycles. The number of carbonyl (C=O) groups excluding carboxylic acids is 2. The molecule has 3 aliphatic rings. The number of ether oxygens (including phenoxy) is 1. The van der Waals surface area contributed by atoms with Crippen LogP contribution in [0.4, 0.5) is 4.39 Å². The Morgan fingerprint density at radius 3 is 2.86 bits per heavy atom. The smallest absolute Gasteiger partial charge is 0.291 e. The minimum Gasteiger partial charge on any atom is -0.379 e. The fourth-order valence-corrected chi connectivity index (χ4v) is 5.43. The van der Waals surface area contributed by atoms with E-state index in [9.17, 15) is 14.0 Å². The number of likely N-dealkylation sites (tertiary alicyclic amines) is 1. The summed E-state index contributed by atoms with van der Waals surface area (Å²) in [6.45, 7) is 3.45. The lowest BCUT2D eigenvalue weighted by atomic mass is 10.1. The second-order valence-electron chi connectivity index (χ2n) is 9.95. The average molecular weight is 501 g/mol. The van der Waals surface area contributed by atoms with Gasteiger partial charge in [0.1, 0.15) is 23.8 Å². The van der Waals surface area contributed by atoms with Crippen LogP contribution in [0.15, 0.2) is 30.6 Å². The van der Waals surface area contributed by atoms with Crippen LogP contribution in [0.2, 0.25) is 0 Å². The number of nitrogens with one attached hydrogen (secondary N) is 1. The van der Waals surface area contributed by atoms with Gasteiger partial charge in [-0.3, -0.25) is 20.3 Å². The molecule has 1 aliphatic carbocycles. The molecule has 2 amide bonds. The summed E-state index contributed by atoms with van der Waals surface area (Å²) >= 11 is 0. The molecule has 1 aromatic carbocycles. The van der Waals surface area contributed by atoms with E-state index in [1.165, 1.54) is 17.1 Å². The number of halogens is 1. The largest absolute Gasteiger partial charge is 0.379 e. The molecule has 2 aromatic rings. The van der Waals surface area contributed by atoms with Crippen LogP contribution in [0.5, 0.6) is 0 Å². The van der Waals surface area contributed by atoms with Crippen molar-refractivity contribution in [3.8, 4) is 0 Å². The van der Waals surface area contributed by atoms with Crippen molar-refractivity contribution in [3.63, 3.8) is 0 Å². The van der Waals surface area contributed by atoms with E-state index in [0.29, 0.717) is 24.6 Å². The third kappa shape index (κ3) is 4.61. The topological polar surface area (TPSA) is 122 Å². The molecule has 0 radical (unpaired) electrons. The Balaban J connectivity index is 1.18. The minimum atomic E-state index is -0.731. The van der Waals surface area contributed by atoms with Gasteiger partial charge in [0.05, 0.1) is 12.6 Å². The van der Waals surface area contributed by atoms with E-state index < -0.39 is 17.6 Å². The number of carbonyl (C=O) groups is 2. The highest BCUT2D eigenvalue weighted by Gasteiger charge is 2.63. The lowest BCUT2D eigenvalue weighted by Gasteiger charge is -2.39. The van der Waals surface area contributed by atoms with Gasteiger partial charge in [0.15, 0.2) is 0 Å². The minimum absolute atomic E-state index is 0.0708. The lowest BCUT2D eigenvalue weighted by Crippen LogP contribution is -2.56. The fourth-order valence-electron chi connectivity index (χ4n) is 5.43. The number of hydrazine groups is 1. The molecule has 3 N–H and O–H groups in total. The molecule has 3 fully saturated rings. The van der Waals surface area contributed by atoms with Gasteiger partial charge < -0.3 is 15.0 Å². The number of hydrogen-bond donors (Lipinski definition) is 2. The van der Waals surface area contributed by atoms with Crippen LogP contribution in [-0.2, 0) is 16.1 Å². The predicted octanol–water partition coefficient (Wildman–Crippen LogP) is 0.0386. The van der Waals surface area contributed by atoms with Gasteiger partial charge in [0, 0.05) is 45.3 Å². The van der Waals surface area contributed by atoms with E-state index in [1.807, 2.05) is 0 Å². The third-order valence-corrected chi connectivity index (χ3v) is 7.79. The quantitative estimate of drug-likeness (QED) is 0.488. The Labute approximate surface area is 209 Å². The predicted molar refractivity (Wildman–Crippen MR) is 128 cm³/mol. The van der Waals surface area contributed by atoms with Gasteiger partial charge in [0.2, 0.25) is 11.7 Å². The summed E-state index contributed by atoms with van der Waals surface area (Å²) in [6.07, 6.45) is 3.84. The van der Waals surface area contributed by atoms with Gasteiger partial charge in [-0.05, 0) is 31.9 Å². The number of rotatable bonds is 8. The van der Waals surface area contributed by atoms with Gasteiger partial charge in [0.25, 0.3) is 5.91 Å². The van der Waals surface area contributed by atoms with E-state index in [2.05, 4.69) is 20.3 Å². The standard InChI is InChI=1S/C24H33FN8O3/c1-30-23(35)20(8-10-33(26)24(30)11-17(24)7-9-31-13-18(14-31)36-2)28-22(34)21-27-15-32(29-21)12-16-5-3-4-6-19(16)25/h3-6,15,17-18,20H,7-14,26H2,1-2H3,(H,28,34)/t17-,20-,24?/m0/s1. The first-order valence-corrected chi connectivity index (χ1v) is 12.3. The van der Waals surface area contributed by atoms with Gasteiger partial charge in [-0.1, -0.05) is 18.2 Å². The van der Waals surface area contributed by atoms with Crippen LogP contribution in [0.1, 0.15) is 35.4 Å². The Hall–Kier alpha value is -2.93. The molecular formula is C24H33FN8O3. The summed E-state index contributed by atoms with van der Waals surface area (Å²) in [5, 5.41) is 8.71.